The third-order valence-electron chi connectivity index (χ3n) is 0.713. The lowest BCUT2D eigenvalue weighted by Gasteiger charge is -1.98. The first-order valence-corrected chi connectivity index (χ1v) is 3.00. The van der Waals surface area contributed by atoms with Crippen LogP contribution in [0.15, 0.2) is 0 Å². The first kappa shape index (κ1) is 8.36. The highest BCUT2D eigenvalue weighted by Gasteiger charge is 1.93. The molecule has 0 unspecified atom stereocenters. The third-order valence-corrected chi connectivity index (χ3v) is 0.857. The van der Waals surface area contributed by atoms with Crippen molar-refractivity contribution in [2.45, 2.75) is 13.3 Å². The standard InChI is InChI=1S/C5H9NO2S/c1-4(9)6-3-2-5(7)8/h2-3H2,1H3,(H,6,9)(H,7,8). The topological polar surface area (TPSA) is 49.3 Å². The molecule has 0 bridgehead atoms. The van der Waals surface area contributed by atoms with Gasteiger partial charge in [0.15, 0.2) is 0 Å². The van der Waals surface area contributed by atoms with Gasteiger partial charge in [-0.1, -0.05) is 12.2 Å². The molecular formula is C5H9NO2S. The molecule has 0 rings (SSSR count). The van der Waals surface area contributed by atoms with Crippen LogP contribution in [0.3, 0.4) is 0 Å². The van der Waals surface area contributed by atoms with E-state index in [1.807, 2.05) is 0 Å². The Hall–Kier alpha value is -0.640. The molecule has 52 valence electrons. The number of aliphatic carboxylic acids is 1. The van der Waals surface area contributed by atoms with Crippen LogP contribution in [0.5, 0.6) is 0 Å². The van der Waals surface area contributed by atoms with E-state index in [1.54, 1.807) is 6.92 Å². The molecule has 0 spiro atoms. The normalized spacial score (nSPS) is 8.56. The second kappa shape index (κ2) is 4.26. The summed E-state index contributed by atoms with van der Waals surface area (Å²) in [7, 11) is 0. The fraction of sp³-hybridized carbons (Fsp3) is 0.600. The Labute approximate surface area is 59.1 Å². The Bertz CT molecular complexity index is 110. The minimum Gasteiger partial charge on any atom is -0.481 e. The van der Waals surface area contributed by atoms with Gasteiger partial charge < -0.3 is 10.4 Å². The molecule has 0 heterocycles. The summed E-state index contributed by atoms with van der Waals surface area (Å²) < 4.78 is 0. The molecule has 0 radical (unpaired) electrons. The maximum atomic E-state index is 9.90. The number of thiocarbonyl (C=S) groups is 1. The van der Waals surface area contributed by atoms with Gasteiger partial charge in [0.05, 0.1) is 11.4 Å². The number of hydrogen-bond donors (Lipinski definition) is 2. The minimum atomic E-state index is -0.807. The van der Waals surface area contributed by atoms with Gasteiger partial charge in [0.2, 0.25) is 0 Å². The highest BCUT2D eigenvalue weighted by Crippen LogP contribution is 1.75. The molecular weight excluding hydrogens is 138 g/mol. The van der Waals surface area contributed by atoms with Gasteiger partial charge in [0, 0.05) is 6.54 Å². The van der Waals surface area contributed by atoms with Gasteiger partial charge in [-0.05, 0) is 6.92 Å². The van der Waals surface area contributed by atoms with Crippen LogP contribution in [0.2, 0.25) is 0 Å². The number of carboxylic acids is 1. The van der Waals surface area contributed by atoms with Crippen molar-refractivity contribution in [1.82, 2.24) is 5.32 Å². The van der Waals surface area contributed by atoms with Crippen molar-refractivity contribution in [2.24, 2.45) is 0 Å². The number of carbonyl (C=O) groups is 1. The average Bonchev–Trinajstić information content (AvgIpc) is 1.63. The molecule has 0 aliphatic heterocycles. The molecule has 4 heteroatoms. The Kier molecular flexibility index (Phi) is 3.96. The number of carboxylic acid groups (broad SMARTS) is 1. The number of rotatable bonds is 3. The second-order valence-corrected chi connectivity index (χ2v) is 2.24. The quantitative estimate of drug-likeness (QED) is 0.567. The fourth-order valence-electron chi connectivity index (χ4n) is 0.345. The fourth-order valence-corrected chi connectivity index (χ4v) is 0.448. The Morgan fingerprint density at radius 2 is 2.33 bits per heavy atom. The predicted octanol–water partition coefficient (Wildman–Crippen LogP) is 0.398. The van der Waals surface area contributed by atoms with Gasteiger partial charge in [-0.2, -0.15) is 0 Å². The van der Waals surface area contributed by atoms with Crippen LogP contribution in [0.1, 0.15) is 13.3 Å². The SMILES string of the molecule is CC(=S)NCCC(=O)O. The summed E-state index contributed by atoms with van der Waals surface area (Å²) >= 11 is 4.64. The zero-order valence-electron chi connectivity index (χ0n) is 5.18. The minimum absolute atomic E-state index is 0.119. The van der Waals surface area contributed by atoms with E-state index in [9.17, 15) is 4.79 Å². The van der Waals surface area contributed by atoms with Gasteiger partial charge in [-0.25, -0.2) is 0 Å². The summed E-state index contributed by atoms with van der Waals surface area (Å²) in [5.41, 5.74) is 0. The molecule has 0 amide bonds. The van der Waals surface area contributed by atoms with Gasteiger partial charge in [-0.15, -0.1) is 0 Å². The first-order valence-electron chi connectivity index (χ1n) is 2.59. The third kappa shape index (κ3) is 7.36. The van der Waals surface area contributed by atoms with Gasteiger partial charge in [-0.3, -0.25) is 4.79 Å². The van der Waals surface area contributed by atoms with Gasteiger partial charge in [0.1, 0.15) is 0 Å². The number of hydrogen-bond acceptors (Lipinski definition) is 2. The maximum Gasteiger partial charge on any atom is 0.305 e. The van der Waals surface area contributed by atoms with Gasteiger partial charge in [0.25, 0.3) is 0 Å². The van der Waals surface area contributed by atoms with Crippen molar-refractivity contribution >= 4 is 23.2 Å². The Morgan fingerprint density at radius 3 is 2.67 bits per heavy atom. The molecule has 0 aliphatic rings. The summed E-state index contributed by atoms with van der Waals surface area (Å²) in [6, 6.07) is 0. The summed E-state index contributed by atoms with van der Waals surface area (Å²) in [5, 5.41) is 10.9. The molecule has 2 N–H and O–H groups in total. The van der Waals surface area contributed by atoms with Gasteiger partial charge >= 0.3 is 5.97 Å². The van der Waals surface area contributed by atoms with Crippen molar-refractivity contribution in [3.05, 3.63) is 0 Å². The molecule has 0 atom stereocenters. The maximum absolute atomic E-state index is 9.90. The van der Waals surface area contributed by atoms with Crippen LogP contribution in [-0.2, 0) is 4.79 Å². The van der Waals surface area contributed by atoms with Crippen LogP contribution in [0, 0.1) is 0 Å². The molecule has 0 aromatic carbocycles. The second-order valence-electron chi connectivity index (χ2n) is 1.63. The van der Waals surface area contributed by atoms with Crippen LogP contribution >= 0.6 is 12.2 Å². The lowest BCUT2D eigenvalue weighted by Crippen LogP contribution is -2.21. The Balaban J connectivity index is 3.10. The van der Waals surface area contributed by atoms with Crippen LogP contribution in [0.4, 0.5) is 0 Å². The smallest absolute Gasteiger partial charge is 0.305 e. The van der Waals surface area contributed by atoms with Crippen LogP contribution in [-0.4, -0.2) is 22.6 Å². The molecule has 0 saturated carbocycles. The largest absolute Gasteiger partial charge is 0.481 e. The average molecular weight is 147 g/mol. The molecule has 0 fully saturated rings. The zero-order valence-corrected chi connectivity index (χ0v) is 5.99. The van der Waals surface area contributed by atoms with E-state index in [2.05, 4.69) is 17.5 Å². The lowest BCUT2D eigenvalue weighted by molar-refractivity contribution is -0.136. The van der Waals surface area contributed by atoms with Crippen LogP contribution < -0.4 is 5.32 Å². The van der Waals surface area contributed by atoms with E-state index in [1.165, 1.54) is 0 Å². The van der Waals surface area contributed by atoms with Crippen molar-refractivity contribution in [1.29, 1.82) is 0 Å². The molecule has 9 heavy (non-hydrogen) atoms. The van der Waals surface area contributed by atoms with Crippen molar-refractivity contribution in [3.63, 3.8) is 0 Å². The van der Waals surface area contributed by atoms with E-state index < -0.39 is 5.97 Å². The van der Waals surface area contributed by atoms with Crippen LogP contribution in [0.25, 0.3) is 0 Å². The summed E-state index contributed by atoms with van der Waals surface area (Å²) in [5.74, 6) is -0.807. The van der Waals surface area contributed by atoms with E-state index in [0.717, 1.165) is 0 Å². The lowest BCUT2D eigenvalue weighted by atomic mass is 10.4. The number of nitrogens with one attached hydrogen (secondary N) is 1. The van der Waals surface area contributed by atoms with E-state index >= 15 is 0 Å². The highest BCUT2D eigenvalue weighted by atomic mass is 32.1. The molecule has 0 saturated heterocycles. The monoisotopic (exact) mass is 147 g/mol. The Morgan fingerprint density at radius 1 is 1.78 bits per heavy atom. The molecule has 0 aromatic rings. The van der Waals surface area contributed by atoms with E-state index in [0.29, 0.717) is 11.5 Å². The zero-order chi connectivity index (χ0) is 7.28. The summed E-state index contributed by atoms with van der Waals surface area (Å²) in [6.07, 6.45) is 0.119. The van der Waals surface area contributed by atoms with Crippen molar-refractivity contribution < 1.29 is 9.90 Å². The molecule has 0 aliphatic carbocycles. The molecule has 3 nitrogen and oxygen atoms in total. The van der Waals surface area contributed by atoms with Crippen molar-refractivity contribution in [2.75, 3.05) is 6.54 Å². The van der Waals surface area contributed by atoms with E-state index in [4.69, 9.17) is 5.11 Å². The predicted molar refractivity (Wildman–Crippen MR) is 38.5 cm³/mol. The molecule has 0 aromatic heterocycles. The summed E-state index contributed by atoms with van der Waals surface area (Å²) in [6.45, 7) is 2.14. The van der Waals surface area contributed by atoms with Crippen molar-refractivity contribution in [3.8, 4) is 0 Å². The first-order chi connectivity index (χ1) is 4.13. The summed E-state index contributed by atoms with van der Waals surface area (Å²) in [4.78, 5) is 10.5. The highest BCUT2D eigenvalue weighted by molar-refractivity contribution is 7.80. The van der Waals surface area contributed by atoms with E-state index in [-0.39, 0.29) is 6.42 Å².